The summed E-state index contributed by atoms with van der Waals surface area (Å²) >= 11 is 0. The molecule has 0 amide bonds. The van der Waals surface area contributed by atoms with Crippen molar-refractivity contribution in [2.24, 2.45) is 11.8 Å². The van der Waals surface area contributed by atoms with Crippen molar-refractivity contribution >= 4 is 5.97 Å². The Morgan fingerprint density at radius 3 is 2.73 bits per heavy atom. The molecule has 2 rings (SSSR count). The number of hydrogen-bond acceptors (Lipinski definition) is 2. The molecular formula is C12H15NO2. The first-order valence-electron chi connectivity index (χ1n) is 5.25. The van der Waals surface area contributed by atoms with Crippen molar-refractivity contribution in [3.05, 3.63) is 35.9 Å². The van der Waals surface area contributed by atoms with Crippen LogP contribution < -0.4 is 5.32 Å². The molecular weight excluding hydrogens is 190 g/mol. The second kappa shape index (κ2) is 4.45. The third-order valence-electron chi connectivity index (χ3n) is 3.00. The molecule has 2 atom stereocenters. The second-order valence-electron chi connectivity index (χ2n) is 4.05. The monoisotopic (exact) mass is 205 g/mol. The molecule has 0 saturated carbocycles. The molecule has 1 aromatic rings. The lowest BCUT2D eigenvalue weighted by atomic mass is 9.90. The van der Waals surface area contributed by atoms with Gasteiger partial charge in [-0.15, -0.1) is 0 Å². The van der Waals surface area contributed by atoms with E-state index in [4.69, 9.17) is 5.11 Å². The van der Waals surface area contributed by atoms with Crippen LogP contribution in [-0.4, -0.2) is 24.2 Å². The van der Waals surface area contributed by atoms with Crippen LogP contribution >= 0.6 is 0 Å². The molecule has 1 aromatic carbocycles. The molecule has 1 saturated heterocycles. The maximum Gasteiger partial charge on any atom is 0.308 e. The van der Waals surface area contributed by atoms with Crippen LogP contribution in [0.25, 0.3) is 0 Å². The van der Waals surface area contributed by atoms with Crippen molar-refractivity contribution in [2.45, 2.75) is 6.42 Å². The Morgan fingerprint density at radius 2 is 2.07 bits per heavy atom. The van der Waals surface area contributed by atoms with E-state index in [1.165, 1.54) is 5.56 Å². The zero-order valence-electron chi connectivity index (χ0n) is 8.52. The summed E-state index contributed by atoms with van der Waals surface area (Å²) in [5.74, 6) is -0.684. The van der Waals surface area contributed by atoms with E-state index < -0.39 is 5.97 Å². The van der Waals surface area contributed by atoms with Crippen LogP contribution in [0.5, 0.6) is 0 Å². The molecule has 1 heterocycles. The van der Waals surface area contributed by atoms with Crippen LogP contribution in [0.3, 0.4) is 0 Å². The van der Waals surface area contributed by atoms with E-state index in [2.05, 4.69) is 17.4 Å². The van der Waals surface area contributed by atoms with E-state index in [-0.39, 0.29) is 11.8 Å². The predicted molar refractivity (Wildman–Crippen MR) is 57.6 cm³/mol. The number of rotatable bonds is 3. The standard InChI is InChI=1S/C12H15NO2/c14-12(15)11-8-13-7-10(11)6-9-4-2-1-3-5-9/h1-5,10-11,13H,6-8H2,(H,14,15)/t10-,11-/m1/s1. The normalized spacial score (nSPS) is 25.3. The Kier molecular flexibility index (Phi) is 3.02. The number of nitrogens with one attached hydrogen (secondary N) is 1. The van der Waals surface area contributed by atoms with Gasteiger partial charge in [-0.25, -0.2) is 0 Å². The van der Waals surface area contributed by atoms with Crippen molar-refractivity contribution in [3.8, 4) is 0 Å². The molecule has 0 unspecified atom stereocenters. The maximum atomic E-state index is 11.0. The van der Waals surface area contributed by atoms with Crippen LogP contribution in [0.4, 0.5) is 0 Å². The van der Waals surface area contributed by atoms with Gasteiger partial charge in [-0.3, -0.25) is 4.79 Å². The topological polar surface area (TPSA) is 49.3 Å². The predicted octanol–water partition coefficient (Wildman–Crippen LogP) is 1.15. The van der Waals surface area contributed by atoms with Gasteiger partial charge in [-0.05, 0) is 24.4 Å². The van der Waals surface area contributed by atoms with Gasteiger partial charge in [-0.2, -0.15) is 0 Å². The summed E-state index contributed by atoms with van der Waals surface area (Å²) in [5.41, 5.74) is 1.22. The first-order valence-corrected chi connectivity index (χ1v) is 5.25. The van der Waals surface area contributed by atoms with Gasteiger partial charge in [0.05, 0.1) is 5.92 Å². The van der Waals surface area contributed by atoms with Crippen molar-refractivity contribution in [2.75, 3.05) is 13.1 Å². The van der Waals surface area contributed by atoms with Crippen molar-refractivity contribution in [1.82, 2.24) is 5.32 Å². The Bertz CT molecular complexity index is 337. The number of benzene rings is 1. The van der Waals surface area contributed by atoms with Gasteiger partial charge in [-0.1, -0.05) is 30.3 Å². The van der Waals surface area contributed by atoms with E-state index in [1.54, 1.807) is 0 Å². The maximum absolute atomic E-state index is 11.0. The Morgan fingerprint density at radius 1 is 1.33 bits per heavy atom. The highest BCUT2D eigenvalue weighted by atomic mass is 16.4. The highest BCUT2D eigenvalue weighted by Crippen LogP contribution is 2.21. The molecule has 0 radical (unpaired) electrons. The van der Waals surface area contributed by atoms with Gasteiger partial charge in [0.25, 0.3) is 0 Å². The first-order chi connectivity index (χ1) is 7.27. The SMILES string of the molecule is O=C(O)[C@@H]1CNC[C@H]1Cc1ccccc1. The highest BCUT2D eigenvalue weighted by molar-refractivity contribution is 5.71. The van der Waals surface area contributed by atoms with Crippen LogP contribution in [0, 0.1) is 11.8 Å². The van der Waals surface area contributed by atoms with Gasteiger partial charge in [0.1, 0.15) is 0 Å². The minimum Gasteiger partial charge on any atom is -0.481 e. The fourth-order valence-corrected chi connectivity index (χ4v) is 2.15. The van der Waals surface area contributed by atoms with Gasteiger partial charge in [0.15, 0.2) is 0 Å². The summed E-state index contributed by atoms with van der Waals surface area (Å²) in [6.45, 7) is 1.42. The van der Waals surface area contributed by atoms with Gasteiger partial charge in [0.2, 0.25) is 0 Å². The highest BCUT2D eigenvalue weighted by Gasteiger charge is 2.32. The van der Waals surface area contributed by atoms with Crippen LogP contribution in [0.1, 0.15) is 5.56 Å². The second-order valence-corrected chi connectivity index (χ2v) is 4.05. The third-order valence-corrected chi connectivity index (χ3v) is 3.00. The first kappa shape index (κ1) is 10.2. The average molecular weight is 205 g/mol. The lowest BCUT2D eigenvalue weighted by molar-refractivity contribution is -0.142. The number of carbonyl (C=O) groups is 1. The quantitative estimate of drug-likeness (QED) is 0.778. The molecule has 1 fully saturated rings. The number of aliphatic carboxylic acids is 1. The summed E-state index contributed by atoms with van der Waals surface area (Å²) in [4.78, 5) is 11.0. The average Bonchev–Trinajstić information content (AvgIpc) is 2.67. The van der Waals surface area contributed by atoms with Crippen molar-refractivity contribution < 1.29 is 9.90 Å². The summed E-state index contributed by atoms with van der Waals surface area (Å²) in [6, 6.07) is 10.1. The van der Waals surface area contributed by atoms with Gasteiger partial charge < -0.3 is 10.4 Å². The van der Waals surface area contributed by atoms with Crippen LogP contribution in [0.15, 0.2) is 30.3 Å². The molecule has 1 aliphatic heterocycles. The zero-order chi connectivity index (χ0) is 10.7. The summed E-state index contributed by atoms with van der Waals surface area (Å²) in [6.07, 6.45) is 0.852. The fourth-order valence-electron chi connectivity index (χ4n) is 2.15. The Hall–Kier alpha value is -1.35. The Labute approximate surface area is 89.1 Å². The molecule has 0 aliphatic carbocycles. The van der Waals surface area contributed by atoms with E-state index >= 15 is 0 Å². The van der Waals surface area contributed by atoms with Crippen molar-refractivity contribution in [3.63, 3.8) is 0 Å². The van der Waals surface area contributed by atoms with Gasteiger partial charge >= 0.3 is 5.97 Å². The Balaban J connectivity index is 2.03. The summed E-state index contributed by atoms with van der Waals surface area (Å²) in [5, 5.41) is 12.2. The molecule has 0 spiro atoms. The molecule has 0 aromatic heterocycles. The molecule has 1 aliphatic rings. The molecule has 15 heavy (non-hydrogen) atoms. The van der Waals surface area contributed by atoms with E-state index in [9.17, 15) is 4.79 Å². The molecule has 3 heteroatoms. The van der Waals surface area contributed by atoms with E-state index in [0.29, 0.717) is 6.54 Å². The zero-order valence-corrected chi connectivity index (χ0v) is 8.52. The number of carboxylic acids is 1. The van der Waals surface area contributed by atoms with E-state index in [0.717, 1.165) is 13.0 Å². The third kappa shape index (κ3) is 2.36. The minimum absolute atomic E-state index is 0.227. The number of hydrogen-bond donors (Lipinski definition) is 2. The largest absolute Gasteiger partial charge is 0.481 e. The molecule has 2 N–H and O–H groups in total. The van der Waals surface area contributed by atoms with Crippen LogP contribution in [0.2, 0.25) is 0 Å². The number of carboxylic acid groups (broad SMARTS) is 1. The molecule has 0 bridgehead atoms. The minimum atomic E-state index is -0.680. The van der Waals surface area contributed by atoms with Crippen LogP contribution in [-0.2, 0) is 11.2 Å². The van der Waals surface area contributed by atoms with Crippen molar-refractivity contribution in [1.29, 1.82) is 0 Å². The molecule has 3 nitrogen and oxygen atoms in total. The lowest BCUT2D eigenvalue weighted by Gasteiger charge is -2.14. The molecule has 80 valence electrons. The van der Waals surface area contributed by atoms with Gasteiger partial charge in [0, 0.05) is 6.54 Å². The lowest BCUT2D eigenvalue weighted by Crippen LogP contribution is -2.23. The smallest absolute Gasteiger partial charge is 0.308 e. The fraction of sp³-hybridized carbons (Fsp3) is 0.417. The van der Waals surface area contributed by atoms with E-state index in [1.807, 2.05) is 18.2 Å². The summed E-state index contributed by atoms with van der Waals surface area (Å²) in [7, 11) is 0. The summed E-state index contributed by atoms with van der Waals surface area (Å²) < 4.78 is 0.